The highest BCUT2D eigenvalue weighted by Crippen LogP contribution is 2.44. The molecule has 3 atom stereocenters. The molecule has 0 aromatic heterocycles. The molecule has 0 bridgehead atoms. The van der Waals surface area contributed by atoms with E-state index in [0.717, 1.165) is 25.7 Å². The lowest BCUT2D eigenvalue weighted by Crippen LogP contribution is -2.51. The van der Waals surface area contributed by atoms with Gasteiger partial charge >= 0.3 is 5.97 Å². The highest BCUT2D eigenvalue weighted by Gasteiger charge is 2.55. The van der Waals surface area contributed by atoms with Crippen LogP contribution in [-0.4, -0.2) is 23.3 Å². The zero-order valence-electron chi connectivity index (χ0n) is 18.0. The van der Waals surface area contributed by atoms with Crippen molar-refractivity contribution in [1.82, 2.24) is 0 Å². The Bertz CT molecular complexity index is 565. The van der Waals surface area contributed by atoms with Crippen molar-refractivity contribution in [2.24, 2.45) is 0 Å². The smallest absolute Gasteiger partial charge is 0.309 e. The molecule has 2 heterocycles. The molecule has 0 saturated carbocycles. The summed E-state index contributed by atoms with van der Waals surface area (Å²) in [5.74, 6) is -0.183. The Morgan fingerprint density at radius 1 is 0.964 bits per heavy atom. The van der Waals surface area contributed by atoms with Crippen molar-refractivity contribution in [2.45, 2.75) is 109 Å². The number of rotatable bonds is 12. The minimum atomic E-state index is -0.531. The molecule has 0 aliphatic carbocycles. The maximum Gasteiger partial charge on any atom is 0.309 e. The van der Waals surface area contributed by atoms with Crippen LogP contribution in [0.2, 0.25) is 0 Å². The molecular weight excluding hydrogens is 352 g/mol. The number of hydrogen-bond acceptors (Lipinski definition) is 4. The van der Waals surface area contributed by atoms with Crippen LogP contribution in [-0.2, 0) is 19.3 Å². The number of ether oxygens (including phenoxy) is 1. The van der Waals surface area contributed by atoms with Crippen LogP contribution in [0, 0.1) is 0 Å². The molecule has 0 unspecified atom stereocenters. The van der Waals surface area contributed by atoms with E-state index in [2.05, 4.69) is 50.3 Å². The third kappa shape index (κ3) is 7.56. The van der Waals surface area contributed by atoms with Crippen LogP contribution in [0.4, 0.5) is 0 Å². The van der Waals surface area contributed by atoms with Gasteiger partial charge in [-0.2, -0.15) is 0 Å². The molecule has 0 N–H and O–H groups in total. The molecule has 4 heteroatoms. The fourth-order valence-corrected chi connectivity index (χ4v) is 4.03. The van der Waals surface area contributed by atoms with E-state index in [0.29, 0.717) is 12.8 Å². The van der Waals surface area contributed by atoms with Gasteiger partial charge in [0.25, 0.3) is 0 Å². The Hall–Kier alpha value is -1.39. The molecule has 158 valence electrons. The van der Waals surface area contributed by atoms with Gasteiger partial charge in [0.1, 0.15) is 17.3 Å². The van der Waals surface area contributed by atoms with Crippen molar-refractivity contribution < 1.29 is 19.3 Å². The Morgan fingerprint density at radius 3 is 2.39 bits per heavy atom. The summed E-state index contributed by atoms with van der Waals surface area (Å²) in [5.41, 5.74) is -0.896. The van der Waals surface area contributed by atoms with Crippen molar-refractivity contribution in [3.05, 3.63) is 36.5 Å². The SMILES string of the molecule is CCC/C=C/C=C/C=C/CCCCCCC[C@@]1(C)C[C@]2(C)OC(=O)C[C@@H]2OO1. The van der Waals surface area contributed by atoms with Crippen LogP contribution >= 0.6 is 0 Å². The van der Waals surface area contributed by atoms with Gasteiger partial charge in [0, 0.05) is 6.42 Å². The fourth-order valence-electron chi connectivity index (χ4n) is 4.03. The number of carbonyl (C=O) groups excluding carboxylic acids is 1. The zero-order chi connectivity index (χ0) is 20.3. The molecule has 0 radical (unpaired) electrons. The summed E-state index contributed by atoms with van der Waals surface area (Å²) in [4.78, 5) is 22.7. The average molecular weight is 391 g/mol. The Balaban J connectivity index is 1.51. The van der Waals surface area contributed by atoms with E-state index in [4.69, 9.17) is 14.5 Å². The summed E-state index contributed by atoms with van der Waals surface area (Å²) < 4.78 is 5.51. The summed E-state index contributed by atoms with van der Waals surface area (Å²) in [6.07, 6.45) is 24.1. The molecule has 2 aliphatic heterocycles. The topological polar surface area (TPSA) is 44.8 Å². The molecule has 0 aromatic carbocycles. The van der Waals surface area contributed by atoms with Crippen molar-refractivity contribution in [3.63, 3.8) is 0 Å². The summed E-state index contributed by atoms with van der Waals surface area (Å²) in [6.45, 7) is 6.22. The van der Waals surface area contributed by atoms with Gasteiger partial charge in [-0.25, -0.2) is 9.78 Å². The lowest BCUT2D eigenvalue weighted by atomic mass is 9.82. The number of esters is 1. The van der Waals surface area contributed by atoms with Gasteiger partial charge in [0.2, 0.25) is 0 Å². The van der Waals surface area contributed by atoms with Crippen LogP contribution in [0.1, 0.15) is 91.4 Å². The summed E-state index contributed by atoms with van der Waals surface area (Å²) in [7, 11) is 0. The Labute approximate surface area is 170 Å². The normalized spacial score (nSPS) is 30.5. The van der Waals surface area contributed by atoms with E-state index in [1.807, 2.05) is 6.92 Å². The maximum absolute atomic E-state index is 11.6. The third-order valence-corrected chi connectivity index (χ3v) is 5.61. The van der Waals surface area contributed by atoms with Gasteiger partial charge in [-0.1, -0.05) is 75.5 Å². The number of carbonyl (C=O) groups is 1. The molecular formula is C24H38O4. The van der Waals surface area contributed by atoms with Crippen LogP contribution < -0.4 is 0 Å². The Morgan fingerprint density at radius 2 is 1.64 bits per heavy atom. The fraction of sp³-hybridized carbons (Fsp3) is 0.708. The second kappa shape index (κ2) is 11.6. The predicted octanol–water partition coefficient (Wildman–Crippen LogP) is 6.37. The highest BCUT2D eigenvalue weighted by molar-refractivity contribution is 5.73. The number of fused-ring (bicyclic) bond motifs is 1. The minimum Gasteiger partial charge on any atom is -0.456 e. The molecule has 2 rings (SSSR count). The monoisotopic (exact) mass is 390 g/mol. The van der Waals surface area contributed by atoms with E-state index < -0.39 is 5.60 Å². The molecule has 0 amide bonds. The van der Waals surface area contributed by atoms with Crippen LogP contribution in [0.5, 0.6) is 0 Å². The van der Waals surface area contributed by atoms with E-state index in [1.165, 1.54) is 32.1 Å². The van der Waals surface area contributed by atoms with E-state index in [9.17, 15) is 4.79 Å². The van der Waals surface area contributed by atoms with Crippen LogP contribution in [0.15, 0.2) is 36.5 Å². The van der Waals surface area contributed by atoms with E-state index in [-0.39, 0.29) is 17.7 Å². The predicted molar refractivity (Wildman–Crippen MR) is 113 cm³/mol. The molecule has 2 saturated heterocycles. The average Bonchev–Trinajstić information content (AvgIpc) is 2.94. The van der Waals surface area contributed by atoms with E-state index in [1.54, 1.807) is 0 Å². The number of unbranched alkanes of at least 4 members (excludes halogenated alkanes) is 6. The second-order valence-electron chi connectivity index (χ2n) is 8.62. The van der Waals surface area contributed by atoms with Crippen molar-refractivity contribution in [1.29, 1.82) is 0 Å². The van der Waals surface area contributed by atoms with Crippen molar-refractivity contribution in [3.8, 4) is 0 Å². The molecule has 2 aliphatic rings. The molecule has 2 fully saturated rings. The first-order chi connectivity index (χ1) is 13.5. The third-order valence-electron chi connectivity index (χ3n) is 5.61. The van der Waals surface area contributed by atoms with E-state index >= 15 is 0 Å². The van der Waals surface area contributed by atoms with Gasteiger partial charge in [0.15, 0.2) is 0 Å². The van der Waals surface area contributed by atoms with Crippen LogP contribution in [0.25, 0.3) is 0 Å². The van der Waals surface area contributed by atoms with Gasteiger partial charge in [-0.3, -0.25) is 4.79 Å². The molecule has 4 nitrogen and oxygen atoms in total. The quantitative estimate of drug-likeness (QED) is 0.168. The van der Waals surface area contributed by atoms with Gasteiger partial charge in [-0.15, -0.1) is 0 Å². The second-order valence-corrected chi connectivity index (χ2v) is 8.62. The van der Waals surface area contributed by atoms with Crippen molar-refractivity contribution >= 4 is 5.97 Å². The highest BCUT2D eigenvalue weighted by atomic mass is 17.2. The molecule has 0 spiro atoms. The number of hydrogen-bond donors (Lipinski definition) is 0. The van der Waals surface area contributed by atoms with Gasteiger partial charge in [-0.05, 0) is 39.5 Å². The molecule has 0 aromatic rings. The standard InChI is InChI=1S/C24H38O4/c1-4-5-6-7-8-9-10-11-12-13-14-15-16-17-18-23(2)20-24(3)21(27-28-23)19-22(25)26-24/h6-11,21H,4-5,12-20H2,1-3H3/b7-6+,9-8+,11-10+/t21-,23-,24-/m0/s1. The summed E-state index contributed by atoms with van der Waals surface area (Å²) in [5, 5.41) is 0. The molecule has 28 heavy (non-hydrogen) atoms. The zero-order valence-corrected chi connectivity index (χ0v) is 18.0. The maximum atomic E-state index is 11.6. The first-order valence-corrected chi connectivity index (χ1v) is 11.0. The first-order valence-electron chi connectivity index (χ1n) is 11.0. The summed E-state index contributed by atoms with van der Waals surface area (Å²) >= 11 is 0. The van der Waals surface area contributed by atoms with Gasteiger partial charge < -0.3 is 4.74 Å². The van der Waals surface area contributed by atoms with Crippen molar-refractivity contribution in [2.75, 3.05) is 0 Å². The first kappa shape index (κ1) is 22.9. The lowest BCUT2D eigenvalue weighted by molar-refractivity contribution is -0.428. The van der Waals surface area contributed by atoms with Crippen LogP contribution in [0.3, 0.4) is 0 Å². The largest absolute Gasteiger partial charge is 0.456 e. The lowest BCUT2D eigenvalue weighted by Gasteiger charge is -2.43. The minimum absolute atomic E-state index is 0.183. The number of allylic oxidation sites excluding steroid dienone is 6. The summed E-state index contributed by atoms with van der Waals surface area (Å²) in [6, 6.07) is 0. The Kier molecular flexibility index (Phi) is 9.46. The van der Waals surface area contributed by atoms with Gasteiger partial charge in [0.05, 0.1) is 6.42 Å².